The van der Waals surface area contributed by atoms with Gasteiger partial charge in [-0.15, -0.1) is 0 Å². The SMILES string of the molecule is COc1cccc(Nc2ncnc(NCCN3CCCCC3)c2N)c1. The predicted octanol–water partition coefficient (Wildman–Crippen LogP) is 2.71. The molecule has 134 valence electrons. The van der Waals surface area contributed by atoms with Gasteiger partial charge in [0.15, 0.2) is 11.6 Å². The first kappa shape index (κ1) is 17.3. The number of rotatable bonds is 7. The van der Waals surface area contributed by atoms with Crippen molar-refractivity contribution < 1.29 is 4.74 Å². The molecule has 0 radical (unpaired) electrons. The number of anilines is 4. The summed E-state index contributed by atoms with van der Waals surface area (Å²) in [6.45, 7) is 4.19. The average Bonchev–Trinajstić information content (AvgIpc) is 2.66. The molecule has 1 aliphatic rings. The highest BCUT2D eigenvalue weighted by Gasteiger charge is 2.11. The number of nitrogens with zero attached hydrogens (tertiary/aromatic N) is 3. The van der Waals surface area contributed by atoms with Gasteiger partial charge < -0.3 is 26.0 Å². The molecule has 7 nitrogen and oxygen atoms in total. The second-order valence-corrected chi connectivity index (χ2v) is 6.17. The van der Waals surface area contributed by atoms with E-state index in [2.05, 4.69) is 25.5 Å². The van der Waals surface area contributed by atoms with E-state index in [1.807, 2.05) is 24.3 Å². The van der Waals surface area contributed by atoms with Crippen molar-refractivity contribution in [1.82, 2.24) is 14.9 Å². The number of nitrogens with one attached hydrogen (secondary N) is 2. The lowest BCUT2D eigenvalue weighted by atomic mass is 10.1. The van der Waals surface area contributed by atoms with Crippen LogP contribution in [-0.4, -0.2) is 48.2 Å². The van der Waals surface area contributed by atoms with Crippen molar-refractivity contribution in [3.05, 3.63) is 30.6 Å². The van der Waals surface area contributed by atoms with Crippen molar-refractivity contribution in [2.45, 2.75) is 19.3 Å². The molecule has 0 spiro atoms. The Kier molecular flexibility index (Phi) is 5.90. The summed E-state index contributed by atoms with van der Waals surface area (Å²) in [6.07, 6.45) is 5.46. The van der Waals surface area contributed by atoms with Crippen LogP contribution in [0.25, 0.3) is 0 Å². The number of methoxy groups -OCH3 is 1. The van der Waals surface area contributed by atoms with Crippen LogP contribution in [0.1, 0.15) is 19.3 Å². The van der Waals surface area contributed by atoms with Crippen molar-refractivity contribution in [2.75, 3.05) is 49.7 Å². The fraction of sp³-hybridized carbons (Fsp3) is 0.444. The molecular weight excluding hydrogens is 316 g/mol. The van der Waals surface area contributed by atoms with Crippen molar-refractivity contribution >= 4 is 23.0 Å². The quantitative estimate of drug-likeness (QED) is 0.713. The van der Waals surface area contributed by atoms with E-state index in [0.29, 0.717) is 17.3 Å². The summed E-state index contributed by atoms with van der Waals surface area (Å²) in [4.78, 5) is 11.0. The third kappa shape index (κ3) is 4.73. The van der Waals surface area contributed by atoms with Gasteiger partial charge >= 0.3 is 0 Å². The van der Waals surface area contributed by atoms with Crippen molar-refractivity contribution in [3.8, 4) is 5.75 Å². The zero-order valence-electron chi connectivity index (χ0n) is 14.7. The zero-order valence-corrected chi connectivity index (χ0v) is 14.7. The largest absolute Gasteiger partial charge is 0.497 e. The Labute approximate surface area is 148 Å². The molecule has 25 heavy (non-hydrogen) atoms. The summed E-state index contributed by atoms with van der Waals surface area (Å²) >= 11 is 0. The minimum atomic E-state index is 0.518. The minimum absolute atomic E-state index is 0.518. The highest BCUT2D eigenvalue weighted by atomic mass is 16.5. The highest BCUT2D eigenvalue weighted by Crippen LogP contribution is 2.27. The van der Waals surface area contributed by atoms with E-state index >= 15 is 0 Å². The van der Waals surface area contributed by atoms with Gasteiger partial charge in [-0.1, -0.05) is 12.5 Å². The lowest BCUT2D eigenvalue weighted by Gasteiger charge is -2.26. The summed E-state index contributed by atoms with van der Waals surface area (Å²) in [7, 11) is 1.64. The van der Waals surface area contributed by atoms with Crippen LogP contribution in [0.4, 0.5) is 23.0 Å². The first-order valence-electron chi connectivity index (χ1n) is 8.74. The van der Waals surface area contributed by atoms with Gasteiger partial charge in [-0.3, -0.25) is 0 Å². The van der Waals surface area contributed by atoms with Crippen LogP contribution in [0.3, 0.4) is 0 Å². The van der Waals surface area contributed by atoms with Crippen LogP contribution >= 0.6 is 0 Å². The Hall–Kier alpha value is -2.54. The maximum atomic E-state index is 6.23. The predicted molar refractivity (Wildman–Crippen MR) is 102 cm³/mol. The number of hydrogen-bond acceptors (Lipinski definition) is 7. The molecule has 7 heteroatoms. The number of nitrogen functional groups attached to an aromatic ring is 1. The van der Waals surface area contributed by atoms with Crippen LogP contribution < -0.4 is 21.1 Å². The highest BCUT2D eigenvalue weighted by molar-refractivity contribution is 5.77. The van der Waals surface area contributed by atoms with Gasteiger partial charge in [-0.2, -0.15) is 0 Å². The van der Waals surface area contributed by atoms with Gasteiger partial charge in [-0.05, 0) is 38.1 Å². The molecule has 3 rings (SSSR count). The fourth-order valence-electron chi connectivity index (χ4n) is 2.99. The van der Waals surface area contributed by atoms with E-state index in [-0.39, 0.29) is 0 Å². The monoisotopic (exact) mass is 342 g/mol. The summed E-state index contributed by atoms with van der Waals surface area (Å²) in [5.74, 6) is 2.03. The Balaban J connectivity index is 1.60. The van der Waals surface area contributed by atoms with Gasteiger partial charge in [0.1, 0.15) is 17.8 Å². The molecule has 0 atom stereocenters. The summed E-state index contributed by atoms with van der Waals surface area (Å²) < 4.78 is 5.24. The van der Waals surface area contributed by atoms with Gasteiger partial charge in [0.25, 0.3) is 0 Å². The smallest absolute Gasteiger partial charge is 0.159 e. The second kappa shape index (κ2) is 8.53. The topological polar surface area (TPSA) is 88.3 Å². The Morgan fingerprint density at radius 1 is 1.16 bits per heavy atom. The van der Waals surface area contributed by atoms with Gasteiger partial charge in [0.05, 0.1) is 7.11 Å². The van der Waals surface area contributed by atoms with E-state index in [1.165, 1.54) is 38.7 Å². The van der Waals surface area contributed by atoms with E-state index in [0.717, 1.165) is 24.5 Å². The first-order chi connectivity index (χ1) is 12.3. The summed E-state index contributed by atoms with van der Waals surface area (Å²) in [6, 6.07) is 7.64. The van der Waals surface area contributed by atoms with E-state index < -0.39 is 0 Å². The number of benzene rings is 1. The third-order valence-electron chi connectivity index (χ3n) is 4.39. The number of ether oxygens (including phenoxy) is 1. The molecule has 0 unspecified atom stereocenters. The van der Waals surface area contributed by atoms with Gasteiger partial charge in [0, 0.05) is 24.8 Å². The van der Waals surface area contributed by atoms with E-state index in [1.54, 1.807) is 7.11 Å². The summed E-state index contributed by atoms with van der Waals surface area (Å²) in [5, 5.41) is 6.55. The van der Waals surface area contributed by atoms with Crippen molar-refractivity contribution in [2.24, 2.45) is 0 Å². The maximum Gasteiger partial charge on any atom is 0.159 e. The lowest BCUT2D eigenvalue weighted by molar-refractivity contribution is 0.237. The molecule has 0 bridgehead atoms. The molecule has 1 aromatic carbocycles. The van der Waals surface area contributed by atoms with E-state index in [9.17, 15) is 0 Å². The van der Waals surface area contributed by atoms with Gasteiger partial charge in [-0.25, -0.2) is 9.97 Å². The molecular formula is C18H26N6O. The molecule has 0 saturated carbocycles. The summed E-state index contributed by atoms with van der Waals surface area (Å²) in [5.41, 5.74) is 7.61. The van der Waals surface area contributed by atoms with Crippen LogP contribution in [0, 0.1) is 0 Å². The Morgan fingerprint density at radius 3 is 2.76 bits per heavy atom. The normalized spacial score (nSPS) is 14.9. The van der Waals surface area contributed by atoms with Crippen LogP contribution in [0.15, 0.2) is 30.6 Å². The van der Waals surface area contributed by atoms with Crippen molar-refractivity contribution in [3.63, 3.8) is 0 Å². The zero-order chi connectivity index (χ0) is 17.5. The molecule has 4 N–H and O–H groups in total. The van der Waals surface area contributed by atoms with Crippen LogP contribution in [0.2, 0.25) is 0 Å². The molecule has 1 saturated heterocycles. The number of likely N-dealkylation sites (tertiary alicyclic amines) is 1. The number of piperidine rings is 1. The molecule has 0 amide bonds. The van der Waals surface area contributed by atoms with Crippen LogP contribution in [-0.2, 0) is 0 Å². The molecule has 1 aromatic heterocycles. The van der Waals surface area contributed by atoms with E-state index in [4.69, 9.17) is 10.5 Å². The first-order valence-corrected chi connectivity index (χ1v) is 8.74. The van der Waals surface area contributed by atoms with Crippen LogP contribution in [0.5, 0.6) is 5.75 Å². The number of hydrogen-bond donors (Lipinski definition) is 3. The molecule has 1 aliphatic heterocycles. The average molecular weight is 342 g/mol. The minimum Gasteiger partial charge on any atom is -0.497 e. The molecule has 2 heterocycles. The Bertz CT molecular complexity index is 687. The lowest BCUT2D eigenvalue weighted by Crippen LogP contribution is -2.33. The third-order valence-corrected chi connectivity index (χ3v) is 4.39. The maximum absolute atomic E-state index is 6.23. The number of aromatic nitrogens is 2. The fourth-order valence-corrected chi connectivity index (χ4v) is 2.99. The standard InChI is InChI=1S/C18H26N6O/c1-25-15-7-5-6-14(12-15)23-18-16(19)17(21-13-22-18)20-8-11-24-9-3-2-4-10-24/h5-7,12-13H,2-4,8-11,19H2,1H3,(H2,20,21,22,23). The van der Waals surface area contributed by atoms with Gasteiger partial charge in [0.2, 0.25) is 0 Å². The molecule has 0 aliphatic carbocycles. The van der Waals surface area contributed by atoms with Crippen molar-refractivity contribution in [1.29, 1.82) is 0 Å². The number of nitrogens with two attached hydrogens (primary N) is 1. The molecule has 2 aromatic rings. The Morgan fingerprint density at radius 2 is 1.96 bits per heavy atom. The second-order valence-electron chi connectivity index (χ2n) is 6.17. The molecule has 1 fully saturated rings.